The average Bonchev–Trinajstić information content (AvgIpc) is 2.26. The predicted octanol–water partition coefficient (Wildman–Crippen LogP) is 3.46. The van der Waals surface area contributed by atoms with Gasteiger partial charge in [-0.2, -0.15) is 0 Å². The van der Waals surface area contributed by atoms with Crippen LogP contribution in [0.3, 0.4) is 0 Å². The highest BCUT2D eigenvalue weighted by Gasteiger charge is 2.15. The number of rotatable bonds is 4. The molecule has 96 valence electrons. The maximum Gasteiger partial charge on any atom is 0.126 e. The lowest BCUT2D eigenvalue weighted by Gasteiger charge is -2.24. The zero-order valence-corrected chi connectivity index (χ0v) is 12.2. The molecular weight excluding hydrogens is 210 g/mol. The van der Waals surface area contributed by atoms with Crippen molar-refractivity contribution in [3.05, 3.63) is 28.3 Å². The second-order valence-corrected chi connectivity index (χ2v) is 5.16. The van der Waals surface area contributed by atoms with Gasteiger partial charge in [0.2, 0.25) is 0 Å². The van der Waals surface area contributed by atoms with Crippen LogP contribution in [0.2, 0.25) is 0 Å². The molecule has 0 radical (unpaired) electrons. The van der Waals surface area contributed by atoms with E-state index in [0.29, 0.717) is 6.04 Å². The summed E-state index contributed by atoms with van der Waals surface area (Å²) in [5.41, 5.74) is 5.19. The molecule has 2 nitrogen and oxygen atoms in total. The number of ether oxygens (including phenoxy) is 1. The Bertz CT molecular complexity index is 396. The molecule has 0 saturated carbocycles. The predicted molar refractivity (Wildman–Crippen MR) is 73.8 cm³/mol. The van der Waals surface area contributed by atoms with Gasteiger partial charge in [0.25, 0.3) is 0 Å². The average molecular weight is 235 g/mol. The van der Waals surface area contributed by atoms with Gasteiger partial charge in [0.05, 0.1) is 7.11 Å². The van der Waals surface area contributed by atoms with Crippen LogP contribution in [-0.2, 0) is 6.54 Å². The lowest BCUT2D eigenvalue weighted by molar-refractivity contribution is 0.260. The molecule has 0 saturated heterocycles. The van der Waals surface area contributed by atoms with Crippen LogP contribution >= 0.6 is 0 Å². The van der Waals surface area contributed by atoms with Crippen molar-refractivity contribution in [2.75, 3.05) is 14.2 Å². The number of hydrogen-bond acceptors (Lipinski definition) is 2. The molecule has 0 fully saturated rings. The Kier molecular flexibility index (Phi) is 4.58. The fourth-order valence-electron chi connectivity index (χ4n) is 2.01. The van der Waals surface area contributed by atoms with Crippen molar-refractivity contribution >= 4 is 0 Å². The molecule has 0 aliphatic rings. The van der Waals surface area contributed by atoms with Gasteiger partial charge < -0.3 is 4.74 Å². The second kappa shape index (κ2) is 5.54. The van der Waals surface area contributed by atoms with Crippen LogP contribution in [0.4, 0.5) is 0 Å². The van der Waals surface area contributed by atoms with Crippen LogP contribution < -0.4 is 4.74 Å². The number of methoxy groups -OCH3 is 1. The van der Waals surface area contributed by atoms with E-state index in [9.17, 15) is 0 Å². The van der Waals surface area contributed by atoms with Crippen molar-refractivity contribution in [3.63, 3.8) is 0 Å². The van der Waals surface area contributed by atoms with E-state index >= 15 is 0 Å². The molecule has 0 unspecified atom stereocenters. The molecule has 1 rings (SSSR count). The molecule has 0 aromatic heterocycles. The van der Waals surface area contributed by atoms with E-state index in [0.717, 1.165) is 12.3 Å². The molecule has 0 atom stereocenters. The van der Waals surface area contributed by atoms with Gasteiger partial charge in [-0.25, -0.2) is 0 Å². The molecule has 0 aliphatic heterocycles. The van der Waals surface area contributed by atoms with E-state index in [1.54, 1.807) is 7.11 Å². The van der Waals surface area contributed by atoms with E-state index in [-0.39, 0.29) is 0 Å². The van der Waals surface area contributed by atoms with E-state index in [1.165, 1.54) is 22.3 Å². The minimum Gasteiger partial charge on any atom is -0.496 e. The van der Waals surface area contributed by atoms with E-state index in [4.69, 9.17) is 4.74 Å². The number of nitrogens with zero attached hydrogens (tertiary/aromatic N) is 1. The quantitative estimate of drug-likeness (QED) is 0.792. The highest BCUT2D eigenvalue weighted by Crippen LogP contribution is 2.30. The minimum absolute atomic E-state index is 0.542. The highest BCUT2D eigenvalue weighted by atomic mass is 16.5. The van der Waals surface area contributed by atoms with Gasteiger partial charge in [-0.05, 0) is 58.4 Å². The summed E-state index contributed by atoms with van der Waals surface area (Å²) < 4.78 is 5.59. The maximum absolute atomic E-state index is 5.59. The Hall–Kier alpha value is -1.02. The van der Waals surface area contributed by atoms with Crippen LogP contribution in [0.25, 0.3) is 0 Å². The van der Waals surface area contributed by atoms with Crippen LogP contribution in [0.1, 0.15) is 36.1 Å². The monoisotopic (exact) mass is 235 g/mol. The molecule has 17 heavy (non-hydrogen) atoms. The molecule has 0 heterocycles. The largest absolute Gasteiger partial charge is 0.496 e. The van der Waals surface area contributed by atoms with E-state index in [1.807, 2.05) is 0 Å². The van der Waals surface area contributed by atoms with Crippen molar-refractivity contribution in [1.29, 1.82) is 0 Å². The van der Waals surface area contributed by atoms with Gasteiger partial charge in [0.15, 0.2) is 0 Å². The molecule has 0 spiro atoms. The first-order chi connectivity index (χ1) is 7.88. The third-order valence-electron chi connectivity index (χ3n) is 3.61. The minimum atomic E-state index is 0.542. The third-order valence-corrected chi connectivity index (χ3v) is 3.61. The van der Waals surface area contributed by atoms with Crippen LogP contribution in [0.5, 0.6) is 5.75 Å². The summed E-state index contributed by atoms with van der Waals surface area (Å²) in [5.74, 6) is 1.05. The lowest BCUT2D eigenvalue weighted by atomic mass is 9.98. The van der Waals surface area contributed by atoms with Crippen LogP contribution in [-0.4, -0.2) is 25.1 Å². The third kappa shape index (κ3) is 3.01. The summed E-state index contributed by atoms with van der Waals surface area (Å²) in [4.78, 5) is 2.33. The normalized spacial score (nSPS) is 11.4. The molecule has 1 aromatic carbocycles. The molecule has 0 aliphatic carbocycles. The topological polar surface area (TPSA) is 12.5 Å². The summed E-state index contributed by atoms with van der Waals surface area (Å²) in [6.45, 7) is 11.8. The Morgan fingerprint density at radius 2 is 1.76 bits per heavy atom. The van der Waals surface area contributed by atoms with Crippen molar-refractivity contribution < 1.29 is 4.74 Å². The molecular formula is C15H25NO. The standard InChI is InChI=1S/C15H25NO/c1-10(2)16(6)9-14-12(4)8-11(3)13(5)15(14)17-7/h8,10H,9H2,1-7H3. The molecule has 0 amide bonds. The van der Waals surface area contributed by atoms with Gasteiger partial charge in [-0.3, -0.25) is 4.90 Å². The SMILES string of the molecule is COc1c(C)c(C)cc(C)c1CN(C)C(C)C. The van der Waals surface area contributed by atoms with Crippen molar-refractivity contribution in [1.82, 2.24) is 4.90 Å². The zero-order valence-electron chi connectivity index (χ0n) is 12.2. The summed E-state index contributed by atoms with van der Waals surface area (Å²) >= 11 is 0. The first-order valence-electron chi connectivity index (χ1n) is 6.22. The summed E-state index contributed by atoms with van der Waals surface area (Å²) in [6.07, 6.45) is 0. The molecule has 0 bridgehead atoms. The Labute approximate surface area is 106 Å². The first kappa shape index (κ1) is 14.0. The summed E-state index contributed by atoms with van der Waals surface area (Å²) in [6, 6.07) is 2.79. The number of benzene rings is 1. The van der Waals surface area contributed by atoms with E-state index < -0.39 is 0 Å². The second-order valence-electron chi connectivity index (χ2n) is 5.16. The van der Waals surface area contributed by atoms with E-state index in [2.05, 4.69) is 52.6 Å². The van der Waals surface area contributed by atoms with Gasteiger partial charge in [0, 0.05) is 18.2 Å². The Morgan fingerprint density at radius 3 is 2.24 bits per heavy atom. The Morgan fingerprint density at radius 1 is 1.18 bits per heavy atom. The molecule has 2 heteroatoms. The van der Waals surface area contributed by atoms with Crippen molar-refractivity contribution in [2.45, 2.75) is 47.2 Å². The zero-order chi connectivity index (χ0) is 13.2. The Balaban J connectivity index is 3.18. The van der Waals surface area contributed by atoms with Gasteiger partial charge in [-0.1, -0.05) is 6.07 Å². The smallest absolute Gasteiger partial charge is 0.126 e. The number of hydrogen-bond donors (Lipinski definition) is 0. The van der Waals surface area contributed by atoms with Crippen molar-refractivity contribution in [3.8, 4) is 5.75 Å². The van der Waals surface area contributed by atoms with Crippen LogP contribution in [0.15, 0.2) is 6.07 Å². The number of aryl methyl sites for hydroxylation is 2. The summed E-state index contributed by atoms with van der Waals surface area (Å²) in [7, 11) is 3.92. The summed E-state index contributed by atoms with van der Waals surface area (Å²) in [5, 5.41) is 0. The first-order valence-corrected chi connectivity index (χ1v) is 6.22. The van der Waals surface area contributed by atoms with Gasteiger partial charge in [0.1, 0.15) is 5.75 Å². The fourth-order valence-corrected chi connectivity index (χ4v) is 2.01. The van der Waals surface area contributed by atoms with Crippen molar-refractivity contribution in [2.24, 2.45) is 0 Å². The van der Waals surface area contributed by atoms with Gasteiger partial charge >= 0.3 is 0 Å². The fraction of sp³-hybridized carbons (Fsp3) is 0.600. The van der Waals surface area contributed by atoms with Crippen LogP contribution in [0, 0.1) is 20.8 Å². The highest BCUT2D eigenvalue weighted by molar-refractivity contribution is 5.49. The lowest BCUT2D eigenvalue weighted by Crippen LogP contribution is -2.26. The maximum atomic E-state index is 5.59. The molecule has 0 N–H and O–H groups in total. The van der Waals surface area contributed by atoms with Gasteiger partial charge in [-0.15, -0.1) is 0 Å². The molecule has 1 aromatic rings.